The maximum absolute atomic E-state index is 11.4. The molecule has 1 aliphatic rings. The van der Waals surface area contributed by atoms with Gasteiger partial charge >= 0.3 is 5.69 Å². The van der Waals surface area contributed by atoms with Gasteiger partial charge in [-0.25, -0.2) is 4.79 Å². The van der Waals surface area contributed by atoms with Crippen molar-refractivity contribution in [3.63, 3.8) is 0 Å². The number of nitrogens with two attached hydrogens (primary N) is 1. The van der Waals surface area contributed by atoms with Crippen LogP contribution in [-0.4, -0.2) is 16.6 Å². The second kappa shape index (κ2) is 4.35. The summed E-state index contributed by atoms with van der Waals surface area (Å²) in [5, 5.41) is 0. The first-order chi connectivity index (χ1) is 7.59. The Balaban J connectivity index is 2.51. The Morgan fingerprint density at radius 2 is 2.25 bits per heavy atom. The maximum Gasteiger partial charge on any atom is 0.345 e. The molecule has 3 N–H and O–H groups in total. The first-order valence-corrected chi connectivity index (χ1v) is 5.55. The van der Waals surface area contributed by atoms with E-state index in [2.05, 4.69) is 9.97 Å². The van der Waals surface area contributed by atoms with Crippen LogP contribution in [0.4, 0.5) is 0 Å². The van der Waals surface area contributed by atoms with E-state index < -0.39 is 0 Å². The molecule has 0 saturated carbocycles. The van der Waals surface area contributed by atoms with Gasteiger partial charge in [-0.05, 0) is 5.92 Å². The van der Waals surface area contributed by atoms with Crippen LogP contribution >= 0.6 is 0 Å². The van der Waals surface area contributed by atoms with Gasteiger partial charge in [-0.15, -0.1) is 0 Å². The lowest BCUT2D eigenvalue weighted by molar-refractivity contribution is 0.107. The van der Waals surface area contributed by atoms with Crippen LogP contribution in [0.3, 0.4) is 0 Å². The number of nitrogens with one attached hydrogen (secondary N) is 1. The van der Waals surface area contributed by atoms with Gasteiger partial charge in [0.15, 0.2) is 0 Å². The van der Waals surface area contributed by atoms with Crippen LogP contribution in [0.5, 0.6) is 0 Å². The number of fused-ring (bicyclic) bond motifs is 1. The summed E-state index contributed by atoms with van der Waals surface area (Å²) in [7, 11) is 0. The number of H-pyrrole nitrogens is 1. The minimum atomic E-state index is -0.313. The van der Waals surface area contributed by atoms with Crippen LogP contribution in [0.15, 0.2) is 4.79 Å². The van der Waals surface area contributed by atoms with Gasteiger partial charge in [-0.2, -0.15) is 4.98 Å². The molecule has 0 fully saturated rings. The molecular formula is C11H17N3O2. The Morgan fingerprint density at radius 1 is 1.50 bits per heavy atom. The Hall–Kier alpha value is -1.20. The summed E-state index contributed by atoms with van der Waals surface area (Å²) in [6.07, 6.45) is 0.727. The molecule has 88 valence electrons. The van der Waals surface area contributed by atoms with E-state index in [1.165, 1.54) is 0 Å². The fourth-order valence-electron chi connectivity index (χ4n) is 1.88. The zero-order valence-corrected chi connectivity index (χ0v) is 9.62. The summed E-state index contributed by atoms with van der Waals surface area (Å²) in [6, 6.07) is -0.210. The Bertz CT molecular complexity index is 439. The number of rotatable bonds is 2. The number of aromatic nitrogens is 2. The van der Waals surface area contributed by atoms with Crippen LogP contribution in [0, 0.1) is 5.92 Å². The molecule has 0 saturated heterocycles. The molecule has 2 rings (SSSR count). The van der Waals surface area contributed by atoms with Gasteiger partial charge < -0.3 is 15.5 Å². The number of aromatic amines is 1. The summed E-state index contributed by atoms with van der Waals surface area (Å²) in [4.78, 5) is 18.2. The van der Waals surface area contributed by atoms with Crippen molar-refractivity contribution in [3.8, 4) is 0 Å². The van der Waals surface area contributed by atoms with Crippen molar-refractivity contribution in [2.75, 3.05) is 6.61 Å². The molecule has 0 spiro atoms. The predicted octanol–water partition coefficient (Wildman–Crippen LogP) is 0.498. The first-order valence-electron chi connectivity index (χ1n) is 5.55. The van der Waals surface area contributed by atoms with E-state index in [1.54, 1.807) is 0 Å². The monoisotopic (exact) mass is 223 g/mol. The molecule has 5 heteroatoms. The SMILES string of the molecule is CC(C)[C@H](N)c1nc(=O)[nH]c2c1COCC2. The van der Waals surface area contributed by atoms with E-state index in [4.69, 9.17) is 10.5 Å². The van der Waals surface area contributed by atoms with Crippen LogP contribution < -0.4 is 11.4 Å². The van der Waals surface area contributed by atoms with E-state index in [-0.39, 0.29) is 17.6 Å². The summed E-state index contributed by atoms with van der Waals surface area (Å²) >= 11 is 0. The van der Waals surface area contributed by atoms with Crippen molar-refractivity contribution < 1.29 is 4.74 Å². The van der Waals surface area contributed by atoms with Gasteiger partial charge in [0.05, 0.1) is 18.9 Å². The molecule has 1 aliphatic heterocycles. The zero-order chi connectivity index (χ0) is 11.7. The average molecular weight is 223 g/mol. The van der Waals surface area contributed by atoms with Crippen molar-refractivity contribution in [2.24, 2.45) is 11.7 Å². The molecule has 0 unspecified atom stereocenters. The van der Waals surface area contributed by atoms with Crippen molar-refractivity contribution in [3.05, 3.63) is 27.4 Å². The standard InChI is InChI=1S/C11H17N3O2/c1-6(2)9(12)10-7-5-16-4-3-8(7)13-11(15)14-10/h6,9H,3-5,12H2,1-2H3,(H,13,14,15)/t9-/m0/s1. The third-order valence-electron chi connectivity index (χ3n) is 2.93. The first kappa shape index (κ1) is 11.3. The highest BCUT2D eigenvalue weighted by atomic mass is 16.5. The molecule has 0 aromatic carbocycles. The quantitative estimate of drug-likeness (QED) is 0.765. The van der Waals surface area contributed by atoms with Crippen LogP contribution in [0.1, 0.15) is 36.8 Å². The van der Waals surface area contributed by atoms with Gasteiger partial charge in [-0.3, -0.25) is 0 Å². The van der Waals surface area contributed by atoms with Crippen molar-refractivity contribution in [2.45, 2.75) is 32.9 Å². The number of nitrogens with zero attached hydrogens (tertiary/aromatic N) is 1. The van der Waals surface area contributed by atoms with Crippen LogP contribution in [0.2, 0.25) is 0 Å². The summed E-state index contributed by atoms with van der Waals surface area (Å²) in [5.74, 6) is 0.250. The number of hydrogen-bond acceptors (Lipinski definition) is 4. The second-order valence-electron chi connectivity index (χ2n) is 4.46. The Kier molecular flexibility index (Phi) is 3.07. The van der Waals surface area contributed by atoms with Gasteiger partial charge in [0, 0.05) is 23.7 Å². The highest BCUT2D eigenvalue weighted by molar-refractivity contribution is 5.28. The normalized spacial score (nSPS) is 17.2. The Labute approximate surface area is 94.0 Å². The molecule has 1 atom stereocenters. The van der Waals surface area contributed by atoms with E-state index in [1.807, 2.05) is 13.8 Å². The molecule has 0 amide bonds. The molecular weight excluding hydrogens is 206 g/mol. The third-order valence-corrected chi connectivity index (χ3v) is 2.93. The van der Waals surface area contributed by atoms with Gasteiger partial charge in [0.2, 0.25) is 0 Å². The molecule has 0 bridgehead atoms. The lowest BCUT2D eigenvalue weighted by Gasteiger charge is -2.23. The average Bonchev–Trinajstić information content (AvgIpc) is 2.26. The zero-order valence-electron chi connectivity index (χ0n) is 9.62. The van der Waals surface area contributed by atoms with E-state index in [0.29, 0.717) is 18.9 Å². The minimum Gasteiger partial charge on any atom is -0.376 e. The summed E-state index contributed by atoms with van der Waals surface area (Å²) in [5.41, 5.74) is 8.33. The van der Waals surface area contributed by atoms with Crippen molar-refractivity contribution in [1.82, 2.24) is 9.97 Å². The molecule has 0 aliphatic carbocycles. The van der Waals surface area contributed by atoms with Crippen molar-refractivity contribution >= 4 is 0 Å². The van der Waals surface area contributed by atoms with E-state index in [9.17, 15) is 4.79 Å². The van der Waals surface area contributed by atoms with E-state index >= 15 is 0 Å². The third kappa shape index (κ3) is 2.01. The lowest BCUT2D eigenvalue weighted by Crippen LogP contribution is -2.29. The Morgan fingerprint density at radius 3 is 2.94 bits per heavy atom. The van der Waals surface area contributed by atoms with E-state index in [0.717, 1.165) is 17.7 Å². The molecule has 1 aromatic heterocycles. The summed E-state index contributed by atoms with van der Waals surface area (Å²) < 4.78 is 5.39. The minimum absolute atomic E-state index is 0.210. The molecule has 2 heterocycles. The fraction of sp³-hybridized carbons (Fsp3) is 0.636. The second-order valence-corrected chi connectivity index (χ2v) is 4.46. The lowest BCUT2D eigenvalue weighted by atomic mass is 9.96. The topological polar surface area (TPSA) is 81.0 Å². The van der Waals surface area contributed by atoms with Gasteiger partial charge in [-0.1, -0.05) is 13.8 Å². The molecule has 1 aromatic rings. The van der Waals surface area contributed by atoms with Crippen LogP contribution in [-0.2, 0) is 17.8 Å². The van der Waals surface area contributed by atoms with Crippen LogP contribution in [0.25, 0.3) is 0 Å². The highest BCUT2D eigenvalue weighted by Gasteiger charge is 2.22. The largest absolute Gasteiger partial charge is 0.376 e. The number of ether oxygens (including phenoxy) is 1. The van der Waals surface area contributed by atoms with Crippen molar-refractivity contribution in [1.29, 1.82) is 0 Å². The molecule has 5 nitrogen and oxygen atoms in total. The van der Waals surface area contributed by atoms with Gasteiger partial charge in [0.1, 0.15) is 0 Å². The fourth-order valence-corrected chi connectivity index (χ4v) is 1.88. The predicted molar refractivity (Wildman–Crippen MR) is 60.0 cm³/mol. The molecule has 0 radical (unpaired) electrons. The molecule has 16 heavy (non-hydrogen) atoms. The van der Waals surface area contributed by atoms with Gasteiger partial charge in [0.25, 0.3) is 0 Å². The maximum atomic E-state index is 11.4. The number of hydrogen-bond donors (Lipinski definition) is 2. The summed E-state index contributed by atoms with van der Waals surface area (Å²) in [6.45, 7) is 5.17. The smallest absolute Gasteiger partial charge is 0.345 e. The highest BCUT2D eigenvalue weighted by Crippen LogP contribution is 2.24.